The molecule has 0 aliphatic rings. The zero-order valence-corrected chi connectivity index (χ0v) is 15.0. The minimum atomic E-state index is -0.445. The number of aromatic nitrogens is 1. The van der Waals surface area contributed by atoms with Crippen LogP contribution in [-0.2, 0) is 20.7 Å². The molecule has 1 atom stereocenters. The molecular formula is C16H20N2O3S2. The SMILES string of the molecule is CC(C)[C@H](C)NC(=O)COC(=O)Cc1csc(-c2ccsc2)n1. The van der Waals surface area contributed by atoms with E-state index in [4.69, 9.17) is 4.74 Å². The summed E-state index contributed by atoms with van der Waals surface area (Å²) in [6, 6.07) is 2.04. The second-order valence-electron chi connectivity index (χ2n) is 5.59. The van der Waals surface area contributed by atoms with Crippen LogP contribution in [-0.4, -0.2) is 29.5 Å². The predicted octanol–water partition coefficient (Wildman–Crippen LogP) is 3.12. The van der Waals surface area contributed by atoms with E-state index in [0.717, 1.165) is 10.6 Å². The number of nitrogens with one attached hydrogen (secondary N) is 1. The summed E-state index contributed by atoms with van der Waals surface area (Å²) in [6.07, 6.45) is 0.0770. The third kappa shape index (κ3) is 5.44. The maximum atomic E-state index is 11.8. The Kier molecular flexibility index (Phi) is 6.29. The Balaban J connectivity index is 1.78. The first kappa shape index (κ1) is 17.6. The molecular weight excluding hydrogens is 332 g/mol. The molecule has 0 fully saturated rings. The first-order valence-corrected chi connectivity index (χ1v) is 9.20. The summed E-state index contributed by atoms with van der Waals surface area (Å²) in [4.78, 5) is 27.9. The van der Waals surface area contributed by atoms with E-state index in [2.05, 4.69) is 10.3 Å². The summed E-state index contributed by atoms with van der Waals surface area (Å²) in [6.45, 7) is 5.71. The highest BCUT2D eigenvalue weighted by Gasteiger charge is 2.14. The van der Waals surface area contributed by atoms with Gasteiger partial charge in [-0.05, 0) is 24.3 Å². The van der Waals surface area contributed by atoms with E-state index in [1.807, 2.05) is 43.0 Å². The molecule has 2 aromatic rings. The standard InChI is InChI=1S/C16H20N2O3S2/c1-10(2)11(3)17-14(19)7-21-15(20)6-13-9-23-16(18-13)12-4-5-22-8-12/h4-5,8-11H,6-7H2,1-3H3,(H,17,19)/t11-/m0/s1. The molecule has 0 radical (unpaired) electrons. The number of esters is 1. The normalized spacial score (nSPS) is 12.2. The molecule has 23 heavy (non-hydrogen) atoms. The van der Waals surface area contributed by atoms with Crippen LogP contribution in [0.2, 0.25) is 0 Å². The van der Waals surface area contributed by atoms with Gasteiger partial charge in [0, 0.05) is 22.4 Å². The van der Waals surface area contributed by atoms with Crippen LogP contribution in [0.4, 0.5) is 0 Å². The van der Waals surface area contributed by atoms with Crippen LogP contribution in [0, 0.1) is 5.92 Å². The molecule has 2 heterocycles. The van der Waals surface area contributed by atoms with Crippen LogP contribution in [0.3, 0.4) is 0 Å². The van der Waals surface area contributed by atoms with Crippen LogP contribution in [0.5, 0.6) is 0 Å². The Morgan fingerprint density at radius 2 is 2.09 bits per heavy atom. The summed E-state index contributed by atoms with van der Waals surface area (Å²) in [5, 5.41) is 9.52. The number of rotatable bonds is 7. The topological polar surface area (TPSA) is 68.3 Å². The molecule has 0 spiro atoms. The molecule has 2 aromatic heterocycles. The smallest absolute Gasteiger partial charge is 0.312 e. The molecule has 0 unspecified atom stereocenters. The molecule has 124 valence electrons. The molecule has 0 bridgehead atoms. The fourth-order valence-corrected chi connectivity index (χ4v) is 3.25. The van der Waals surface area contributed by atoms with Crippen molar-refractivity contribution in [1.29, 1.82) is 0 Å². The zero-order valence-electron chi connectivity index (χ0n) is 13.4. The first-order chi connectivity index (χ1) is 11.0. The molecule has 0 aromatic carbocycles. The van der Waals surface area contributed by atoms with Gasteiger partial charge in [-0.3, -0.25) is 9.59 Å². The highest BCUT2D eigenvalue weighted by atomic mass is 32.1. The summed E-state index contributed by atoms with van der Waals surface area (Å²) in [5.41, 5.74) is 1.72. The van der Waals surface area contributed by atoms with E-state index >= 15 is 0 Å². The Labute approximate surface area is 143 Å². The zero-order chi connectivity index (χ0) is 16.8. The lowest BCUT2D eigenvalue weighted by Gasteiger charge is -2.17. The van der Waals surface area contributed by atoms with Gasteiger partial charge in [0.25, 0.3) is 5.91 Å². The number of ether oxygens (including phenoxy) is 1. The van der Waals surface area contributed by atoms with Crippen LogP contribution >= 0.6 is 22.7 Å². The van der Waals surface area contributed by atoms with Gasteiger partial charge in [0.05, 0.1) is 12.1 Å². The van der Waals surface area contributed by atoms with Gasteiger partial charge >= 0.3 is 5.97 Å². The van der Waals surface area contributed by atoms with E-state index in [0.29, 0.717) is 11.6 Å². The van der Waals surface area contributed by atoms with E-state index < -0.39 is 5.97 Å². The van der Waals surface area contributed by atoms with Crippen molar-refractivity contribution in [2.24, 2.45) is 5.92 Å². The largest absolute Gasteiger partial charge is 0.455 e. The minimum absolute atomic E-state index is 0.0490. The lowest BCUT2D eigenvalue weighted by molar-refractivity contribution is -0.148. The van der Waals surface area contributed by atoms with Gasteiger partial charge in [0.2, 0.25) is 0 Å². The highest BCUT2D eigenvalue weighted by Crippen LogP contribution is 2.25. The highest BCUT2D eigenvalue weighted by molar-refractivity contribution is 7.14. The lowest BCUT2D eigenvalue weighted by atomic mass is 10.1. The van der Waals surface area contributed by atoms with Crippen molar-refractivity contribution in [1.82, 2.24) is 10.3 Å². The molecule has 0 aliphatic heterocycles. The van der Waals surface area contributed by atoms with Crippen molar-refractivity contribution in [3.8, 4) is 10.6 Å². The van der Waals surface area contributed by atoms with Crippen LogP contribution < -0.4 is 5.32 Å². The monoisotopic (exact) mass is 352 g/mol. The number of thiophene rings is 1. The Morgan fingerprint density at radius 1 is 1.30 bits per heavy atom. The van der Waals surface area contributed by atoms with Crippen molar-refractivity contribution in [3.05, 3.63) is 27.9 Å². The van der Waals surface area contributed by atoms with Gasteiger partial charge < -0.3 is 10.1 Å². The third-order valence-electron chi connectivity index (χ3n) is 3.40. The first-order valence-electron chi connectivity index (χ1n) is 7.37. The molecule has 2 rings (SSSR count). The van der Waals surface area contributed by atoms with Gasteiger partial charge in [-0.1, -0.05) is 13.8 Å². The number of thiazole rings is 1. The average Bonchev–Trinajstić information content (AvgIpc) is 3.15. The maximum absolute atomic E-state index is 11.8. The van der Waals surface area contributed by atoms with E-state index in [9.17, 15) is 9.59 Å². The minimum Gasteiger partial charge on any atom is -0.455 e. The molecule has 7 heteroatoms. The van der Waals surface area contributed by atoms with Crippen molar-refractivity contribution in [2.75, 3.05) is 6.61 Å². The quantitative estimate of drug-likeness (QED) is 0.778. The number of nitrogens with zero attached hydrogens (tertiary/aromatic N) is 1. The second kappa shape index (κ2) is 8.21. The number of carbonyl (C=O) groups is 2. The van der Waals surface area contributed by atoms with E-state index in [1.165, 1.54) is 11.3 Å². The summed E-state index contributed by atoms with van der Waals surface area (Å²) < 4.78 is 5.00. The van der Waals surface area contributed by atoms with E-state index in [-0.39, 0.29) is 25.0 Å². The summed E-state index contributed by atoms with van der Waals surface area (Å²) in [7, 11) is 0. The molecule has 0 saturated heterocycles. The van der Waals surface area contributed by atoms with E-state index in [1.54, 1.807) is 11.3 Å². The van der Waals surface area contributed by atoms with Crippen LogP contribution in [0.15, 0.2) is 22.2 Å². The maximum Gasteiger partial charge on any atom is 0.312 e. The van der Waals surface area contributed by atoms with Crippen molar-refractivity contribution >= 4 is 34.6 Å². The molecule has 0 saturated carbocycles. The average molecular weight is 352 g/mol. The van der Waals surface area contributed by atoms with Gasteiger partial charge in [0.1, 0.15) is 5.01 Å². The summed E-state index contributed by atoms with van der Waals surface area (Å²) in [5.74, 6) is -0.392. The fourth-order valence-electron chi connectivity index (χ4n) is 1.71. The van der Waals surface area contributed by atoms with Gasteiger partial charge in [0.15, 0.2) is 6.61 Å². The predicted molar refractivity (Wildman–Crippen MR) is 92.5 cm³/mol. The van der Waals surface area contributed by atoms with Gasteiger partial charge in [-0.25, -0.2) is 4.98 Å². The van der Waals surface area contributed by atoms with Crippen LogP contribution in [0.1, 0.15) is 26.5 Å². The van der Waals surface area contributed by atoms with Gasteiger partial charge in [-0.15, -0.1) is 11.3 Å². The number of hydrogen-bond acceptors (Lipinski definition) is 6. The summed E-state index contributed by atoms with van der Waals surface area (Å²) >= 11 is 3.10. The van der Waals surface area contributed by atoms with Gasteiger partial charge in [-0.2, -0.15) is 11.3 Å². The van der Waals surface area contributed by atoms with Crippen LogP contribution in [0.25, 0.3) is 10.6 Å². The Bertz CT molecular complexity index is 650. The molecule has 5 nitrogen and oxygen atoms in total. The lowest BCUT2D eigenvalue weighted by Crippen LogP contribution is -2.38. The molecule has 1 amide bonds. The van der Waals surface area contributed by atoms with Crippen molar-refractivity contribution < 1.29 is 14.3 Å². The Hall–Kier alpha value is -1.73. The number of carbonyl (C=O) groups excluding carboxylic acids is 2. The number of amides is 1. The second-order valence-corrected chi connectivity index (χ2v) is 7.23. The fraction of sp³-hybridized carbons (Fsp3) is 0.438. The number of hydrogen-bond donors (Lipinski definition) is 1. The van der Waals surface area contributed by atoms with Crippen molar-refractivity contribution in [2.45, 2.75) is 33.2 Å². The third-order valence-corrected chi connectivity index (χ3v) is 5.02. The molecule has 0 aliphatic carbocycles. The Morgan fingerprint density at radius 3 is 2.74 bits per heavy atom. The molecule has 1 N–H and O–H groups in total. The van der Waals surface area contributed by atoms with Crippen molar-refractivity contribution in [3.63, 3.8) is 0 Å².